The first kappa shape index (κ1) is 12.0. The van der Waals surface area contributed by atoms with Gasteiger partial charge in [-0.2, -0.15) is 11.8 Å². The lowest BCUT2D eigenvalue weighted by Gasteiger charge is -2.18. The van der Waals surface area contributed by atoms with Crippen molar-refractivity contribution >= 4 is 11.8 Å². The van der Waals surface area contributed by atoms with E-state index in [0.29, 0.717) is 12.1 Å². The topological polar surface area (TPSA) is 12.0 Å². The van der Waals surface area contributed by atoms with Crippen LogP contribution >= 0.6 is 11.8 Å². The van der Waals surface area contributed by atoms with E-state index in [1.54, 1.807) is 0 Å². The van der Waals surface area contributed by atoms with E-state index in [4.69, 9.17) is 0 Å². The van der Waals surface area contributed by atoms with Crippen LogP contribution in [0.4, 0.5) is 0 Å². The van der Waals surface area contributed by atoms with Crippen molar-refractivity contribution in [3.8, 4) is 0 Å². The molecule has 1 unspecified atom stereocenters. The van der Waals surface area contributed by atoms with E-state index in [1.165, 1.54) is 35.5 Å². The lowest BCUT2D eigenvalue weighted by molar-refractivity contribution is 0.482. The van der Waals surface area contributed by atoms with Crippen LogP contribution in [-0.2, 0) is 12.8 Å². The Balaban J connectivity index is 1.82. The third-order valence-corrected chi connectivity index (χ3v) is 4.29. The fourth-order valence-corrected chi connectivity index (χ4v) is 3.11. The number of rotatable bonds is 5. The average Bonchev–Trinajstić information content (AvgIpc) is 2.68. The lowest BCUT2D eigenvalue weighted by Crippen LogP contribution is -2.38. The van der Waals surface area contributed by atoms with Crippen LogP contribution in [0.15, 0.2) is 24.3 Å². The van der Waals surface area contributed by atoms with Crippen LogP contribution in [-0.4, -0.2) is 23.6 Å². The number of fused-ring (bicyclic) bond motifs is 1. The second-order valence-corrected chi connectivity index (χ2v) is 5.92. The van der Waals surface area contributed by atoms with Crippen LogP contribution in [0.2, 0.25) is 0 Å². The highest BCUT2D eigenvalue weighted by molar-refractivity contribution is 7.99. The smallest absolute Gasteiger partial charge is 0.0151 e. The minimum absolute atomic E-state index is 0.629. The molecule has 88 valence electrons. The molecule has 0 bridgehead atoms. The summed E-state index contributed by atoms with van der Waals surface area (Å²) in [5.74, 6) is 2.44. The minimum atomic E-state index is 0.629. The predicted molar refractivity (Wildman–Crippen MR) is 73.2 cm³/mol. The average molecular weight is 235 g/mol. The summed E-state index contributed by atoms with van der Waals surface area (Å²) in [6.07, 6.45) is 2.41. The molecule has 0 aliphatic heterocycles. The highest BCUT2D eigenvalue weighted by Crippen LogP contribution is 2.22. The van der Waals surface area contributed by atoms with Gasteiger partial charge in [-0.25, -0.2) is 0 Å². The normalized spacial score (nSPS) is 17.4. The summed E-state index contributed by atoms with van der Waals surface area (Å²) in [7, 11) is 0. The molecule has 2 heteroatoms. The highest BCUT2D eigenvalue weighted by atomic mass is 32.2. The molecule has 2 rings (SSSR count). The zero-order chi connectivity index (χ0) is 11.4. The second-order valence-electron chi connectivity index (χ2n) is 4.60. The van der Waals surface area contributed by atoms with Gasteiger partial charge < -0.3 is 5.32 Å². The standard InChI is InChI=1S/C14H21NS/c1-3-16-10-11(2)15-14-8-12-6-4-5-7-13(12)9-14/h4-7,11,14-15H,3,8-10H2,1-2H3. The first-order valence-corrected chi connectivity index (χ1v) is 7.35. The van der Waals surface area contributed by atoms with Crippen LogP contribution < -0.4 is 5.32 Å². The van der Waals surface area contributed by atoms with E-state index in [1.807, 2.05) is 11.8 Å². The molecule has 0 amide bonds. The first-order valence-electron chi connectivity index (χ1n) is 6.20. The summed E-state index contributed by atoms with van der Waals surface area (Å²) in [6.45, 7) is 4.52. The molecular weight excluding hydrogens is 214 g/mol. The van der Waals surface area contributed by atoms with Crippen molar-refractivity contribution in [3.63, 3.8) is 0 Å². The zero-order valence-electron chi connectivity index (χ0n) is 10.2. The van der Waals surface area contributed by atoms with Crippen LogP contribution in [0, 0.1) is 0 Å². The van der Waals surface area contributed by atoms with E-state index >= 15 is 0 Å². The summed E-state index contributed by atoms with van der Waals surface area (Å²) in [5.41, 5.74) is 3.07. The lowest BCUT2D eigenvalue weighted by atomic mass is 10.1. The molecule has 1 aromatic rings. The summed E-state index contributed by atoms with van der Waals surface area (Å²) in [5, 5.41) is 3.74. The molecule has 0 saturated heterocycles. The molecule has 0 spiro atoms. The predicted octanol–water partition coefficient (Wildman–Crippen LogP) is 2.89. The van der Waals surface area contributed by atoms with Crippen LogP contribution in [0.25, 0.3) is 0 Å². The van der Waals surface area contributed by atoms with Gasteiger partial charge in [0.05, 0.1) is 0 Å². The number of hydrogen-bond donors (Lipinski definition) is 1. The van der Waals surface area contributed by atoms with E-state index in [0.717, 1.165) is 0 Å². The van der Waals surface area contributed by atoms with Gasteiger partial charge >= 0.3 is 0 Å². The Labute approximate surface area is 103 Å². The Bertz CT molecular complexity index is 312. The van der Waals surface area contributed by atoms with E-state index in [9.17, 15) is 0 Å². The van der Waals surface area contributed by atoms with Crippen molar-refractivity contribution in [2.75, 3.05) is 11.5 Å². The van der Waals surface area contributed by atoms with Crippen molar-refractivity contribution in [2.24, 2.45) is 0 Å². The molecule has 0 fully saturated rings. The van der Waals surface area contributed by atoms with Gasteiger partial charge in [-0.3, -0.25) is 0 Å². The highest BCUT2D eigenvalue weighted by Gasteiger charge is 2.21. The van der Waals surface area contributed by atoms with Gasteiger partial charge in [0.15, 0.2) is 0 Å². The van der Waals surface area contributed by atoms with Gasteiger partial charge in [0, 0.05) is 17.8 Å². The van der Waals surface area contributed by atoms with Crippen molar-refractivity contribution in [2.45, 2.75) is 38.8 Å². The van der Waals surface area contributed by atoms with E-state index < -0.39 is 0 Å². The van der Waals surface area contributed by atoms with Crippen LogP contribution in [0.3, 0.4) is 0 Å². The van der Waals surface area contributed by atoms with Crippen molar-refractivity contribution in [3.05, 3.63) is 35.4 Å². The number of benzene rings is 1. The monoisotopic (exact) mass is 235 g/mol. The van der Waals surface area contributed by atoms with Gasteiger partial charge in [0.2, 0.25) is 0 Å². The third kappa shape index (κ3) is 3.02. The maximum Gasteiger partial charge on any atom is 0.0151 e. The molecule has 1 nitrogen and oxygen atoms in total. The molecule has 16 heavy (non-hydrogen) atoms. The van der Waals surface area contributed by atoms with Gasteiger partial charge in [-0.1, -0.05) is 31.2 Å². The number of nitrogens with one attached hydrogen (secondary N) is 1. The Morgan fingerprint density at radius 2 is 1.94 bits per heavy atom. The first-order chi connectivity index (χ1) is 7.79. The largest absolute Gasteiger partial charge is 0.310 e. The Morgan fingerprint density at radius 3 is 2.50 bits per heavy atom. The zero-order valence-corrected chi connectivity index (χ0v) is 11.0. The Morgan fingerprint density at radius 1 is 1.31 bits per heavy atom. The Hall–Kier alpha value is -0.470. The third-order valence-electron chi connectivity index (χ3n) is 3.14. The maximum atomic E-state index is 3.74. The van der Waals surface area contributed by atoms with Crippen molar-refractivity contribution in [1.29, 1.82) is 0 Å². The molecule has 1 aliphatic rings. The van der Waals surface area contributed by atoms with Crippen molar-refractivity contribution in [1.82, 2.24) is 5.32 Å². The molecule has 1 aromatic carbocycles. The SMILES string of the molecule is CCSCC(C)NC1Cc2ccccc2C1. The van der Waals surface area contributed by atoms with E-state index in [2.05, 4.69) is 43.4 Å². The quantitative estimate of drug-likeness (QED) is 0.842. The summed E-state index contributed by atoms with van der Waals surface area (Å²) < 4.78 is 0. The molecule has 1 aliphatic carbocycles. The molecule has 0 radical (unpaired) electrons. The molecule has 0 aromatic heterocycles. The van der Waals surface area contributed by atoms with Crippen LogP contribution in [0.5, 0.6) is 0 Å². The van der Waals surface area contributed by atoms with Gasteiger partial charge in [-0.05, 0) is 36.6 Å². The van der Waals surface area contributed by atoms with Crippen LogP contribution in [0.1, 0.15) is 25.0 Å². The molecule has 1 atom stereocenters. The second kappa shape index (κ2) is 5.74. The van der Waals surface area contributed by atoms with Gasteiger partial charge in [0.25, 0.3) is 0 Å². The minimum Gasteiger partial charge on any atom is -0.310 e. The number of hydrogen-bond acceptors (Lipinski definition) is 2. The van der Waals surface area contributed by atoms with Crippen molar-refractivity contribution < 1.29 is 0 Å². The molecular formula is C14H21NS. The maximum absolute atomic E-state index is 3.74. The summed E-state index contributed by atoms with van der Waals surface area (Å²) in [4.78, 5) is 0. The van der Waals surface area contributed by atoms with Gasteiger partial charge in [-0.15, -0.1) is 0 Å². The molecule has 1 N–H and O–H groups in total. The fourth-order valence-electron chi connectivity index (χ4n) is 2.42. The fraction of sp³-hybridized carbons (Fsp3) is 0.571. The molecule has 0 saturated carbocycles. The summed E-state index contributed by atoms with van der Waals surface area (Å²) >= 11 is 2.02. The van der Waals surface area contributed by atoms with E-state index in [-0.39, 0.29) is 0 Å². The number of thioether (sulfide) groups is 1. The van der Waals surface area contributed by atoms with Gasteiger partial charge in [0.1, 0.15) is 0 Å². The summed E-state index contributed by atoms with van der Waals surface area (Å²) in [6, 6.07) is 10.1. The molecule has 0 heterocycles. The Kier molecular flexibility index (Phi) is 4.30.